The van der Waals surface area contributed by atoms with Crippen molar-refractivity contribution in [2.24, 2.45) is 12.0 Å². The highest BCUT2D eigenvalue weighted by molar-refractivity contribution is 7.16. The molecule has 1 amide bonds. The van der Waals surface area contributed by atoms with Gasteiger partial charge in [-0.05, 0) is 0 Å². The van der Waals surface area contributed by atoms with Crippen molar-refractivity contribution in [2.75, 3.05) is 14.2 Å². The van der Waals surface area contributed by atoms with E-state index >= 15 is 0 Å². The van der Waals surface area contributed by atoms with E-state index in [1.54, 1.807) is 42.8 Å². The molecule has 128 valence electrons. The van der Waals surface area contributed by atoms with Crippen LogP contribution in [0.15, 0.2) is 29.5 Å². The lowest BCUT2D eigenvalue weighted by Crippen LogP contribution is -2.17. The van der Waals surface area contributed by atoms with Gasteiger partial charge in [-0.3, -0.25) is 4.79 Å². The molecule has 0 spiro atoms. The summed E-state index contributed by atoms with van der Waals surface area (Å²) in [7, 11) is 4.88. The van der Waals surface area contributed by atoms with E-state index < -0.39 is 5.91 Å². The fraction of sp³-hybridized carbons (Fsp3) is 0.235. The van der Waals surface area contributed by atoms with Gasteiger partial charge in [-0.1, -0.05) is 17.3 Å². The van der Waals surface area contributed by atoms with Crippen molar-refractivity contribution < 1.29 is 14.3 Å². The number of aromatic nitrogens is 3. The van der Waals surface area contributed by atoms with Crippen molar-refractivity contribution in [3.63, 3.8) is 0 Å². The predicted octanol–water partition coefficient (Wildman–Crippen LogP) is 1.83. The molecule has 0 aliphatic carbocycles. The molecule has 25 heavy (non-hydrogen) atoms. The van der Waals surface area contributed by atoms with E-state index in [4.69, 9.17) is 15.9 Å². The van der Waals surface area contributed by atoms with Crippen LogP contribution in [0, 0.1) is 12.3 Å². The number of thiazole rings is 1. The van der Waals surface area contributed by atoms with Gasteiger partial charge in [0.15, 0.2) is 16.3 Å². The lowest BCUT2D eigenvalue weighted by molar-refractivity contribution is 0.0985. The number of amides is 1. The summed E-state index contributed by atoms with van der Waals surface area (Å²) in [6.45, 7) is 0.280. The minimum atomic E-state index is -0.427. The zero-order valence-corrected chi connectivity index (χ0v) is 14.8. The molecule has 0 fully saturated rings. The zero-order valence-electron chi connectivity index (χ0n) is 14.0. The fourth-order valence-electron chi connectivity index (χ4n) is 2.43. The van der Waals surface area contributed by atoms with Gasteiger partial charge in [0, 0.05) is 31.6 Å². The number of imidazole rings is 1. The van der Waals surface area contributed by atoms with E-state index in [1.807, 2.05) is 12.1 Å². The number of nitrogens with zero attached hydrogens (tertiary/aromatic N) is 4. The van der Waals surface area contributed by atoms with E-state index in [0.717, 1.165) is 10.2 Å². The van der Waals surface area contributed by atoms with Crippen LogP contribution in [0.25, 0.3) is 10.2 Å². The molecule has 0 N–H and O–H groups in total. The fourth-order valence-corrected chi connectivity index (χ4v) is 3.47. The number of ether oxygens (including phenoxy) is 2. The SMILES string of the molecule is C#CCn1c(=NC(=O)c2nccn2C)sc2cc(OC)c(OC)cc21. The number of methoxy groups -OCH3 is 2. The second-order valence-corrected chi connectivity index (χ2v) is 6.14. The summed E-state index contributed by atoms with van der Waals surface area (Å²) in [5.74, 6) is 3.62. The third-order valence-corrected chi connectivity index (χ3v) is 4.69. The van der Waals surface area contributed by atoms with Gasteiger partial charge in [-0.25, -0.2) is 4.98 Å². The van der Waals surface area contributed by atoms with Crippen molar-refractivity contribution >= 4 is 27.5 Å². The molecule has 3 aromatic rings. The van der Waals surface area contributed by atoms with Gasteiger partial charge in [-0.2, -0.15) is 4.99 Å². The van der Waals surface area contributed by atoms with Gasteiger partial charge in [-0.15, -0.1) is 6.42 Å². The second kappa shape index (κ2) is 6.83. The van der Waals surface area contributed by atoms with Crippen LogP contribution in [-0.2, 0) is 13.6 Å². The summed E-state index contributed by atoms with van der Waals surface area (Å²) in [4.78, 5) is 21.2. The zero-order chi connectivity index (χ0) is 18.0. The summed E-state index contributed by atoms with van der Waals surface area (Å²) >= 11 is 1.35. The van der Waals surface area contributed by atoms with Gasteiger partial charge in [0.1, 0.15) is 0 Å². The van der Waals surface area contributed by atoms with Crippen LogP contribution in [0.1, 0.15) is 10.6 Å². The second-order valence-electron chi connectivity index (χ2n) is 5.13. The van der Waals surface area contributed by atoms with Crippen molar-refractivity contribution in [1.82, 2.24) is 14.1 Å². The first kappa shape index (κ1) is 16.8. The Hall–Kier alpha value is -3.05. The molecule has 0 atom stereocenters. The van der Waals surface area contributed by atoms with Gasteiger partial charge < -0.3 is 18.6 Å². The maximum atomic E-state index is 12.4. The number of terminal acetylenes is 1. The highest BCUT2D eigenvalue weighted by Gasteiger charge is 2.14. The first-order valence-corrected chi connectivity index (χ1v) is 8.16. The molecular formula is C17H16N4O3S. The van der Waals surface area contributed by atoms with Crippen LogP contribution in [0.4, 0.5) is 0 Å². The van der Waals surface area contributed by atoms with Crippen molar-refractivity contribution in [1.29, 1.82) is 0 Å². The largest absolute Gasteiger partial charge is 0.493 e. The van der Waals surface area contributed by atoms with Crippen molar-refractivity contribution in [3.05, 3.63) is 35.2 Å². The summed E-state index contributed by atoms with van der Waals surface area (Å²) < 4.78 is 15.0. The van der Waals surface area contributed by atoms with E-state index in [9.17, 15) is 4.79 Å². The molecule has 2 aromatic heterocycles. The Kier molecular flexibility index (Phi) is 4.59. The van der Waals surface area contributed by atoms with Crippen LogP contribution in [0.5, 0.6) is 11.5 Å². The number of fused-ring (bicyclic) bond motifs is 1. The molecule has 0 radical (unpaired) electrons. The first-order valence-electron chi connectivity index (χ1n) is 7.34. The smallest absolute Gasteiger partial charge is 0.315 e. The summed E-state index contributed by atoms with van der Waals surface area (Å²) in [6.07, 6.45) is 8.74. The lowest BCUT2D eigenvalue weighted by atomic mass is 10.3. The molecule has 7 nitrogen and oxygen atoms in total. The summed E-state index contributed by atoms with van der Waals surface area (Å²) in [6, 6.07) is 3.67. The van der Waals surface area contributed by atoms with Crippen molar-refractivity contribution in [2.45, 2.75) is 6.54 Å². The average molecular weight is 356 g/mol. The maximum Gasteiger partial charge on any atom is 0.315 e. The van der Waals surface area contributed by atoms with Crippen LogP contribution in [-0.4, -0.2) is 34.2 Å². The number of carbonyl (C=O) groups is 1. The molecule has 0 saturated heterocycles. The monoisotopic (exact) mass is 356 g/mol. The number of hydrogen-bond donors (Lipinski definition) is 0. The Bertz CT molecular complexity index is 1050. The van der Waals surface area contributed by atoms with E-state index in [-0.39, 0.29) is 12.4 Å². The van der Waals surface area contributed by atoms with Gasteiger partial charge >= 0.3 is 5.91 Å². The topological polar surface area (TPSA) is 70.6 Å². The molecule has 0 aliphatic rings. The normalized spacial score (nSPS) is 11.5. The molecule has 0 bridgehead atoms. The first-order chi connectivity index (χ1) is 12.1. The van der Waals surface area contributed by atoms with E-state index in [1.165, 1.54) is 11.3 Å². The highest BCUT2D eigenvalue weighted by Crippen LogP contribution is 2.33. The summed E-state index contributed by atoms with van der Waals surface area (Å²) in [5, 5.41) is 0. The molecule has 3 rings (SSSR count). The Balaban J connectivity index is 2.22. The number of rotatable bonds is 4. The number of hydrogen-bond acceptors (Lipinski definition) is 5. The molecule has 1 aromatic carbocycles. The Morgan fingerprint density at radius 1 is 1.36 bits per heavy atom. The molecule has 0 unspecified atom stereocenters. The maximum absolute atomic E-state index is 12.4. The van der Waals surface area contributed by atoms with Crippen LogP contribution in [0.3, 0.4) is 0 Å². The number of aryl methyl sites for hydroxylation is 1. The minimum absolute atomic E-state index is 0.264. The standard InChI is InChI=1S/C17H16N4O3S/c1-5-7-21-11-9-12(23-3)13(24-4)10-14(11)25-17(21)19-16(22)15-18-6-8-20(15)2/h1,6,8-10H,7H2,2-4H3. The Morgan fingerprint density at radius 3 is 2.68 bits per heavy atom. The van der Waals surface area contributed by atoms with E-state index in [2.05, 4.69) is 15.9 Å². The number of carbonyl (C=O) groups excluding carboxylic acids is 1. The quantitative estimate of drug-likeness (QED) is 0.669. The highest BCUT2D eigenvalue weighted by atomic mass is 32.1. The van der Waals surface area contributed by atoms with Crippen LogP contribution >= 0.6 is 11.3 Å². The molecule has 2 heterocycles. The lowest BCUT2D eigenvalue weighted by Gasteiger charge is -2.08. The predicted molar refractivity (Wildman–Crippen MR) is 94.9 cm³/mol. The third-order valence-electron chi connectivity index (χ3n) is 3.65. The summed E-state index contributed by atoms with van der Waals surface area (Å²) in [5.41, 5.74) is 0.826. The van der Waals surface area contributed by atoms with Crippen LogP contribution in [0.2, 0.25) is 0 Å². The van der Waals surface area contributed by atoms with E-state index in [0.29, 0.717) is 16.3 Å². The molecular weight excluding hydrogens is 340 g/mol. The third kappa shape index (κ3) is 3.02. The van der Waals surface area contributed by atoms with Crippen LogP contribution < -0.4 is 14.3 Å². The van der Waals surface area contributed by atoms with Gasteiger partial charge in [0.05, 0.1) is 31.0 Å². The average Bonchev–Trinajstić information content (AvgIpc) is 3.17. The molecule has 0 aliphatic heterocycles. The molecule has 0 saturated carbocycles. The van der Waals surface area contributed by atoms with Gasteiger partial charge in [0.2, 0.25) is 5.82 Å². The number of benzene rings is 1. The Morgan fingerprint density at radius 2 is 2.08 bits per heavy atom. The molecule has 8 heteroatoms. The van der Waals surface area contributed by atoms with Crippen molar-refractivity contribution in [3.8, 4) is 23.8 Å². The minimum Gasteiger partial charge on any atom is -0.493 e. The van der Waals surface area contributed by atoms with Gasteiger partial charge in [0.25, 0.3) is 0 Å². The Labute approximate surface area is 148 Å².